The van der Waals surface area contributed by atoms with Crippen LogP contribution in [0.1, 0.15) is 10.5 Å². The van der Waals surface area contributed by atoms with Gasteiger partial charge in [-0.05, 0) is 54.6 Å². The second-order valence-electron chi connectivity index (χ2n) is 8.13. The fourth-order valence-electron chi connectivity index (χ4n) is 4.08. The summed E-state index contributed by atoms with van der Waals surface area (Å²) in [7, 11) is 0. The van der Waals surface area contributed by atoms with Crippen molar-refractivity contribution in [2.24, 2.45) is 0 Å². The number of nitrogens with zero attached hydrogens (tertiary/aromatic N) is 4. The highest BCUT2D eigenvalue weighted by Crippen LogP contribution is 2.35. The van der Waals surface area contributed by atoms with Crippen LogP contribution in [0.25, 0.3) is 28.0 Å². The molecule has 4 heterocycles. The Balaban J connectivity index is 1.41. The standard InChI is InChI=1S/C28H21N7O/c36-27(23-12-7-15-29-23)31-21-11-6-8-19(18-21)26-25(24-13-4-5-17-35(24)34-26)22-14-16-30-28(33-22)32-20-9-2-1-3-10-20/h1-18,29H,(H,31,36)(H,30,32,33). The fourth-order valence-corrected chi connectivity index (χ4v) is 4.08. The van der Waals surface area contributed by atoms with E-state index in [2.05, 4.69) is 20.6 Å². The Morgan fingerprint density at radius 3 is 2.58 bits per heavy atom. The van der Waals surface area contributed by atoms with Crippen molar-refractivity contribution < 1.29 is 4.79 Å². The number of carbonyl (C=O) groups is 1. The summed E-state index contributed by atoms with van der Waals surface area (Å²) < 4.78 is 1.83. The lowest BCUT2D eigenvalue weighted by Crippen LogP contribution is -2.12. The van der Waals surface area contributed by atoms with Crippen LogP contribution in [0.15, 0.2) is 110 Å². The SMILES string of the molecule is O=C(Nc1cccc(-c2nn3ccccc3c2-c2ccnc(Nc3ccccc3)n2)c1)c1ccc[nH]1. The zero-order valence-corrected chi connectivity index (χ0v) is 19.1. The number of benzene rings is 2. The lowest BCUT2D eigenvalue weighted by atomic mass is 10.0. The molecule has 4 aromatic heterocycles. The molecule has 0 aliphatic carbocycles. The van der Waals surface area contributed by atoms with E-state index < -0.39 is 0 Å². The van der Waals surface area contributed by atoms with Crippen molar-refractivity contribution in [3.05, 3.63) is 115 Å². The number of fused-ring (bicyclic) bond motifs is 1. The molecule has 36 heavy (non-hydrogen) atoms. The average Bonchev–Trinajstić information content (AvgIpc) is 3.58. The molecule has 0 bridgehead atoms. The van der Waals surface area contributed by atoms with Gasteiger partial charge >= 0.3 is 0 Å². The van der Waals surface area contributed by atoms with E-state index in [9.17, 15) is 4.79 Å². The van der Waals surface area contributed by atoms with Crippen LogP contribution in [-0.2, 0) is 0 Å². The van der Waals surface area contributed by atoms with Gasteiger partial charge in [0.25, 0.3) is 5.91 Å². The molecular weight excluding hydrogens is 450 g/mol. The average molecular weight is 472 g/mol. The first kappa shape index (κ1) is 21.3. The number of para-hydroxylation sites is 1. The molecule has 0 atom stereocenters. The largest absolute Gasteiger partial charge is 0.357 e. The van der Waals surface area contributed by atoms with Crippen molar-refractivity contribution in [2.45, 2.75) is 0 Å². The molecule has 3 N–H and O–H groups in total. The maximum absolute atomic E-state index is 12.6. The topological polar surface area (TPSA) is 100 Å². The van der Waals surface area contributed by atoms with E-state index in [-0.39, 0.29) is 5.91 Å². The normalized spacial score (nSPS) is 10.9. The van der Waals surface area contributed by atoms with Crippen LogP contribution in [0, 0.1) is 0 Å². The van der Waals surface area contributed by atoms with Gasteiger partial charge in [0.2, 0.25) is 5.95 Å². The maximum atomic E-state index is 12.6. The van der Waals surface area contributed by atoms with Gasteiger partial charge in [-0.1, -0.05) is 36.4 Å². The smallest absolute Gasteiger partial charge is 0.272 e. The highest BCUT2D eigenvalue weighted by molar-refractivity contribution is 6.03. The van der Waals surface area contributed by atoms with Gasteiger partial charge in [-0.15, -0.1) is 0 Å². The number of pyridine rings is 1. The molecule has 0 saturated carbocycles. The fraction of sp³-hybridized carbons (Fsp3) is 0. The van der Waals surface area contributed by atoms with E-state index in [4.69, 9.17) is 10.1 Å². The third-order valence-electron chi connectivity index (χ3n) is 5.72. The Labute approximate surface area is 206 Å². The zero-order chi connectivity index (χ0) is 24.3. The van der Waals surface area contributed by atoms with E-state index in [0.717, 1.165) is 33.7 Å². The molecule has 0 saturated heterocycles. The van der Waals surface area contributed by atoms with Crippen LogP contribution in [0.2, 0.25) is 0 Å². The monoisotopic (exact) mass is 471 g/mol. The van der Waals surface area contributed by atoms with Gasteiger partial charge in [-0.2, -0.15) is 5.10 Å². The van der Waals surface area contributed by atoms with E-state index in [1.807, 2.05) is 89.6 Å². The number of rotatable bonds is 6. The summed E-state index contributed by atoms with van der Waals surface area (Å²) in [6.07, 6.45) is 5.36. The van der Waals surface area contributed by atoms with Crippen LogP contribution in [0.3, 0.4) is 0 Å². The first-order valence-corrected chi connectivity index (χ1v) is 11.4. The van der Waals surface area contributed by atoms with Crippen molar-refractivity contribution in [1.82, 2.24) is 24.6 Å². The van der Waals surface area contributed by atoms with Crippen molar-refractivity contribution in [3.63, 3.8) is 0 Å². The molecule has 6 aromatic rings. The summed E-state index contributed by atoms with van der Waals surface area (Å²) in [5.74, 6) is 0.284. The van der Waals surface area contributed by atoms with Crippen molar-refractivity contribution in [3.8, 4) is 22.5 Å². The zero-order valence-electron chi connectivity index (χ0n) is 19.1. The summed E-state index contributed by atoms with van der Waals surface area (Å²) in [4.78, 5) is 24.7. The summed E-state index contributed by atoms with van der Waals surface area (Å²) >= 11 is 0. The summed E-state index contributed by atoms with van der Waals surface area (Å²) in [6.45, 7) is 0. The summed E-state index contributed by atoms with van der Waals surface area (Å²) in [5, 5.41) is 11.1. The number of amides is 1. The molecule has 174 valence electrons. The molecule has 0 radical (unpaired) electrons. The molecule has 0 spiro atoms. The van der Waals surface area contributed by atoms with Crippen LogP contribution in [0.5, 0.6) is 0 Å². The molecule has 8 heteroatoms. The second kappa shape index (κ2) is 9.19. The number of anilines is 3. The Kier molecular flexibility index (Phi) is 5.44. The van der Waals surface area contributed by atoms with E-state index in [1.54, 1.807) is 24.5 Å². The number of hydrogen-bond acceptors (Lipinski definition) is 5. The molecule has 0 aliphatic rings. The molecule has 0 unspecified atom stereocenters. The molecule has 2 aromatic carbocycles. The van der Waals surface area contributed by atoms with E-state index >= 15 is 0 Å². The number of carbonyl (C=O) groups excluding carboxylic acids is 1. The van der Waals surface area contributed by atoms with Gasteiger partial charge in [-0.3, -0.25) is 4.79 Å². The highest BCUT2D eigenvalue weighted by atomic mass is 16.1. The van der Waals surface area contributed by atoms with Gasteiger partial charge in [0, 0.05) is 35.5 Å². The second-order valence-corrected chi connectivity index (χ2v) is 8.13. The predicted molar refractivity (Wildman–Crippen MR) is 140 cm³/mol. The third-order valence-corrected chi connectivity index (χ3v) is 5.72. The lowest BCUT2D eigenvalue weighted by Gasteiger charge is -2.09. The predicted octanol–water partition coefficient (Wildman–Crippen LogP) is 5.78. The van der Waals surface area contributed by atoms with Crippen LogP contribution in [-0.4, -0.2) is 30.5 Å². The highest BCUT2D eigenvalue weighted by Gasteiger charge is 2.19. The minimum absolute atomic E-state index is 0.209. The number of aromatic nitrogens is 5. The van der Waals surface area contributed by atoms with Crippen LogP contribution < -0.4 is 10.6 Å². The number of H-pyrrole nitrogens is 1. The molecular formula is C28H21N7O. The lowest BCUT2D eigenvalue weighted by molar-refractivity contribution is 0.102. The first-order chi connectivity index (χ1) is 17.7. The molecule has 0 aliphatic heterocycles. The van der Waals surface area contributed by atoms with Crippen molar-refractivity contribution >= 4 is 28.7 Å². The number of aromatic amines is 1. The molecule has 6 rings (SSSR count). The van der Waals surface area contributed by atoms with Gasteiger partial charge in [0.1, 0.15) is 11.4 Å². The van der Waals surface area contributed by atoms with Crippen molar-refractivity contribution in [2.75, 3.05) is 10.6 Å². The van der Waals surface area contributed by atoms with E-state index in [0.29, 0.717) is 17.3 Å². The number of hydrogen-bond donors (Lipinski definition) is 3. The Morgan fingerprint density at radius 2 is 1.72 bits per heavy atom. The summed E-state index contributed by atoms with van der Waals surface area (Å²) in [5.41, 5.74) is 6.20. The molecule has 1 amide bonds. The van der Waals surface area contributed by atoms with Crippen molar-refractivity contribution in [1.29, 1.82) is 0 Å². The molecule has 8 nitrogen and oxygen atoms in total. The maximum Gasteiger partial charge on any atom is 0.272 e. The Bertz CT molecular complexity index is 1660. The molecule has 0 fully saturated rings. The van der Waals surface area contributed by atoms with E-state index in [1.165, 1.54) is 0 Å². The van der Waals surface area contributed by atoms with Gasteiger partial charge in [-0.25, -0.2) is 14.5 Å². The van der Waals surface area contributed by atoms with Crippen LogP contribution in [0.4, 0.5) is 17.3 Å². The van der Waals surface area contributed by atoms with Crippen LogP contribution >= 0.6 is 0 Å². The Morgan fingerprint density at radius 1 is 0.861 bits per heavy atom. The Hall–Kier alpha value is -5.24. The van der Waals surface area contributed by atoms with Gasteiger partial charge in [0.15, 0.2) is 0 Å². The number of nitrogens with one attached hydrogen (secondary N) is 3. The first-order valence-electron chi connectivity index (χ1n) is 11.4. The minimum Gasteiger partial charge on any atom is -0.357 e. The third kappa shape index (κ3) is 4.19. The minimum atomic E-state index is -0.209. The quantitative estimate of drug-likeness (QED) is 0.286. The van der Waals surface area contributed by atoms with Gasteiger partial charge < -0.3 is 15.6 Å². The summed E-state index contributed by atoms with van der Waals surface area (Å²) in [6, 6.07) is 28.7. The van der Waals surface area contributed by atoms with Gasteiger partial charge in [0.05, 0.1) is 16.8 Å².